The third kappa shape index (κ3) is 2.59. The number of benzene rings is 1. The first-order valence-electron chi connectivity index (χ1n) is 6.09. The molecule has 2 rings (SSSR count). The van der Waals surface area contributed by atoms with Gasteiger partial charge in [0.2, 0.25) is 0 Å². The Morgan fingerprint density at radius 1 is 1.32 bits per heavy atom. The highest BCUT2D eigenvalue weighted by Gasteiger charge is 2.22. The smallest absolute Gasteiger partial charge is 0.323 e. The van der Waals surface area contributed by atoms with E-state index in [1.807, 2.05) is 12.1 Å². The van der Waals surface area contributed by atoms with Crippen molar-refractivity contribution in [2.75, 3.05) is 6.54 Å². The van der Waals surface area contributed by atoms with E-state index < -0.39 is 5.97 Å². The summed E-state index contributed by atoms with van der Waals surface area (Å²) in [7, 11) is 0. The highest BCUT2D eigenvalue weighted by molar-refractivity contribution is 6.06. The van der Waals surface area contributed by atoms with Crippen LogP contribution in [0.2, 0.25) is 0 Å². The maximum Gasteiger partial charge on any atom is 0.323 e. The third-order valence-electron chi connectivity index (χ3n) is 3.01. The van der Waals surface area contributed by atoms with E-state index in [9.17, 15) is 9.59 Å². The minimum absolute atomic E-state index is 0.172. The van der Waals surface area contributed by atoms with Crippen molar-refractivity contribution in [1.82, 2.24) is 9.88 Å². The number of carboxylic acid groups (broad SMARTS) is 1. The molecule has 1 aromatic carbocycles. The van der Waals surface area contributed by atoms with Gasteiger partial charge in [0.15, 0.2) is 0 Å². The standard InChI is InChI=1S/C14H16N2O3/c1-9(2)16(8-12(17)18)14(19)11-5-3-4-10-6-7-15-13(10)11/h3-7,9,15H,8H2,1-2H3,(H,17,18). The number of aromatic amines is 1. The van der Waals surface area contributed by atoms with Crippen LogP contribution in [-0.2, 0) is 4.79 Å². The van der Waals surface area contributed by atoms with E-state index in [4.69, 9.17) is 5.11 Å². The number of nitrogens with zero attached hydrogens (tertiary/aromatic N) is 1. The summed E-state index contributed by atoms with van der Waals surface area (Å²) in [4.78, 5) is 27.7. The van der Waals surface area contributed by atoms with Crippen molar-refractivity contribution < 1.29 is 14.7 Å². The predicted octanol–water partition coefficient (Wildman–Crippen LogP) is 2.10. The number of hydrogen-bond donors (Lipinski definition) is 2. The highest BCUT2D eigenvalue weighted by Crippen LogP contribution is 2.19. The molecule has 2 N–H and O–H groups in total. The zero-order chi connectivity index (χ0) is 14.0. The maximum atomic E-state index is 12.5. The van der Waals surface area contributed by atoms with E-state index in [1.165, 1.54) is 4.90 Å². The fourth-order valence-electron chi connectivity index (χ4n) is 2.05. The van der Waals surface area contributed by atoms with Crippen LogP contribution in [0.5, 0.6) is 0 Å². The molecule has 100 valence electrons. The molecule has 5 heteroatoms. The number of carboxylic acids is 1. The summed E-state index contributed by atoms with van der Waals surface area (Å²) in [6, 6.07) is 7.11. The van der Waals surface area contributed by atoms with Crippen LogP contribution in [0.3, 0.4) is 0 Å². The van der Waals surface area contributed by atoms with Crippen LogP contribution >= 0.6 is 0 Å². The van der Waals surface area contributed by atoms with Gasteiger partial charge >= 0.3 is 5.97 Å². The lowest BCUT2D eigenvalue weighted by atomic mass is 10.1. The normalized spacial score (nSPS) is 10.9. The maximum absolute atomic E-state index is 12.5. The Hall–Kier alpha value is -2.30. The molecule has 0 unspecified atom stereocenters. The van der Waals surface area contributed by atoms with Crippen molar-refractivity contribution in [3.63, 3.8) is 0 Å². The van der Waals surface area contributed by atoms with E-state index in [2.05, 4.69) is 4.98 Å². The van der Waals surface area contributed by atoms with Gasteiger partial charge in [0.05, 0.1) is 11.1 Å². The van der Waals surface area contributed by atoms with Crippen molar-refractivity contribution in [2.24, 2.45) is 0 Å². The molecular weight excluding hydrogens is 244 g/mol. The number of hydrogen-bond acceptors (Lipinski definition) is 2. The first-order valence-corrected chi connectivity index (χ1v) is 6.09. The Morgan fingerprint density at radius 3 is 2.68 bits per heavy atom. The SMILES string of the molecule is CC(C)N(CC(=O)O)C(=O)c1cccc2cc[nH]c12. The van der Waals surface area contributed by atoms with E-state index >= 15 is 0 Å². The number of aliphatic carboxylic acids is 1. The van der Waals surface area contributed by atoms with Gasteiger partial charge < -0.3 is 15.0 Å². The Balaban J connectivity index is 2.41. The predicted molar refractivity (Wildman–Crippen MR) is 72.1 cm³/mol. The highest BCUT2D eigenvalue weighted by atomic mass is 16.4. The molecule has 2 aromatic rings. The van der Waals surface area contributed by atoms with Crippen molar-refractivity contribution in [1.29, 1.82) is 0 Å². The topological polar surface area (TPSA) is 73.4 Å². The second kappa shape index (κ2) is 5.14. The van der Waals surface area contributed by atoms with E-state index in [0.29, 0.717) is 5.56 Å². The molecule has 0 aliphatic rings. The largest absolute Gasteiger partial charge is 0.480 e. The molecule has 0 aliphatic carbocycles. The Bertz CT molecular complexity index is 616. The number of carbonyl (C=O) groups excluding carboxylic acids is 1. The van der Waals surface area contributed by atoms with E-state index in [1.54, 1.807) is 32.2 Å². The van der Waals surface area contributed by atoms with Crippen LogP contribution in [-0.4, -0.2) is 39.5 Å². The van der Waals surface area contributed by atoms with Crippen LogP contribution in [0, 0.1) is 0 Å². The van der Waals surface area contributed by atoms with Crippen molar-refractivity contribution in [3.8, 4) is 0 Å². The number of aromatic nitrogens is 1. The number of rotatable bonds is 4. The average molecular weight is 260 g/mol. The van der Waals surface area contributed by atoms with Gasteiger partial charge in [-0.15, -0.1) is 0 Å². The molecule has 0 saturated heterocycles. The molecule has 0 bridgehead atoms. The van der Waals surface area contributed by atoms with Crippen molar-refractivity contribution in [2.45, 2.75) is 19.9 Å². The van der Waals surface area contributed by atoms with E-state index in [-0.39, 0.29) is 18.5 Å². The quantitative estimate of drug-likeness (QED) is 0.884. The van der Waals surface area contributed by atoms with Crippen molar-refractivity contribution in [3.05, 3.63) is 36.0 Å². The molecule has 1 amide bonds. The molecule has 1 aromatic heterocycles. The summed E-state index contributed by atoms with van der Waals surface area (Å²) < 4.78 is 0. The zero-order valence-electron chi connectivity index (χ0n) is 10.9. The Labute approximate surface area is 110 Å². The first kappa shape index (κ1) is 13.1. The van der Waals surface area contributed by atoms with Gasteiger partial charge in [0, 0.05) is 17.6 Å². The second-order valence-electron chi connectivity index (χ2n) is 4.67. The Kier molecular flexibility index (Phi) is 3.55. The van der Waals surface area contributed by atoms with Gasteiger partial charge in [0.25, 0.3) is 5.91 Å². The summed E-state index contributed by atoms with van der Waals surface area (Å²) in [5.41, 5.74) is 1.24. The molecule has 19 heavy (non-hydrogen) atoms. The number of fused-ring (bicyclic) bond motifs is 1. The summed E-state index contributed by atoms with van der Waals surface area (Å²) >= 11 is 0. The second-order valence-corrected chi connectivity index (χ2v) is 4.67. The Morgan fingerprint density at radius 2 is 2.05 bits per heavy atom. The summed E-state index contributed by atoms with van der Waals surface area (Å²) in [5.74, 6) is -1.29. The molecule has 0 spiro atoms. The minimum atomic E-state index is -1.01. The average Bonchev–Trinajstić information content (AvgIpc) is 2.82. The van der Waals surface area contributed by atoms with Gasteiger partial charge in [-0.25, -0.2) is 0 Å². The number of nitrogens with one attached hydrogen (secondary N) is 1. The zero-order valence-corrected chi connectivity index (χ0v) is 10.9. The fourth-order valence-corrected chi connectivity index (χ4v) is 2.05. The fraction of sp³-hybridized carbons (Fsp3) is 0.286. The molecule has 0 aliphatic heterocycles. The lowest BCUT2D eigenvalue weighted by Crippen LogP contribution is -2.40. The minimum Gasteiger partial charge on any atom is -0.480 e. The molecule has 5 nitrogen and oxygen atoms in total. The summed E-state index contributed by atoms with van der Waals surface area (Å²) in [6.07, 6.45) is 1.76. The van der Waals surface area contributed by atoms with Crippen LogP contribution in [0.1, 0.15) is 24.2 Å². The molecule has 0 fully saturated rings. The number of carbonyl (C=O) groups is 2. The van der Waals surface area contributed by atoms with Gasteiger partial charge in [0.1, 0.15) is 6.54 Å². The molecule has 1 heterocycles. The van der Waals surface area contributed by atoms with Crippen LogP contribution in [0.4, 0.5) is 0 Å². The van der Waals surface area contributed by atoms with Gasteiger partial charge in [-0.05, 0) is 26.0 Å². The lowest BCUT2D eigenvalue weighted by Gasteiger charge is -2.25. The van der Waals surface area contributed by atoms with Gasteiger partial charge in [-0.1, -0.05) is 12.1 Å². The van der Waals surface area contributed by atoms with Crippen LogP contribution in [0.25, 0.3) is 10.9 Å². The van der Waals surface area contributed by atoms with Crippen LogP contribution < -0.4 is 0 Å². The molecule has 0 radical (unpaired) electrons. The van der Waals surface area contributed by atoms with Gasteiger partial charge in [-0.3, -0.25) is 9.59 Å². The number of para-hydroxylation sites is 1. The number of amides is 1. The number of H-pyrrole nitrogens is 1. The van der Waals surface area contributed by atoms with Crippen molar-refractivity contribution >= 4 is 22.8 Å². The molecule has 0 atom stereocenters. The van der Waals surface area contributed by atoms with Crippen LogP contribution in [0.15, 0.2) is 30.5 Å². The summed E-state index contributed by atoms with van der Waals surface area (Å²) in [5, 5.41) is 9.84. The lowest BCUT2D eigenvalue weighted by molar-refractivity contribution is -0.138. The first-order chi connectivity index (χ1) is 9.00. The van der Waals surface area contributed by atoms with E-state index in [0.717, 1.165) is 10.9 Å². The molecule has 0 saturated carbocycles. The summed E-state index contributed by atoms with van der Waals surface area (Å²) in [6.45, 7) is 3.30. The van der Waals surface area contributed by atoms with Gasteiger partial charge in [-0.2, -0.15) is 0 Å². The monoisotopic (exact) mass is 260 g/mol. The third-order valence-corrected chi connectivity index (χ3v) is 3.01. The molecular formula is C14H16N2O3.